The van der Waals surface area contributed by atoms with Crippen LogP contribution in [-0.2, 0) is 0 Å². The Kier molecular flexibility index (Phi) is 3.64. The van der Waals surface area contributed by atoms with Crippen molar-refractivity contribution >= 4 is 11.6 Å². The van der Waals surface area contributed by atoms with Crippen molar-refractivity contribution in [2.45, 2.75) is 18.4 Å². The summed E-state index contributed by atoms with van der Waals surface area (Å²) in [4.78, 5) is 11.9. The predicted molar refractivity (Wildman–Crippen MR) is 96.0 cm³/mol. The number of primary amides is 1. The lowest BCUT2D eigenvalue weighted by molar-refractivity contribution is 0.100. The second-order valence-electron chi connectivity index (χ2n) is 6.51. The van der Waals surface area contributed by atoms with Gasteiger partial charge in [-0.05, 0) is 30.0 Å². The van der Waals surface area contributed by atoms with E-state index in [2.05, 4.69) is 17.5 Å². The number of fused-ring (bicyclic) bond motifs is 3. The van der Waals surface area contributed by atoms with Crippen LogP contribution in [-0.4, -0.2) is 18.1 Å². The van der Waals surface area contributed by atoms with Crippen LogP contribution in [0.1, 0.15) is 39.9 Å². The number of nitrogens with two attached hydrogens (primary N) is 1. The Hall–Kier alpha value is -2.95. The van der Waals surface area contributed by atoms with Crippen molar-refractivity contribution in [3.8, 4) is 11.5 Å². The zero-order valence-corrected chi connectivity index (χ0v) is 13.9. The number of hydrogen-bond acceptors (Lipinski definition) is 4. The van der Waals surface area contributed by atoms with E-state index in [-0.39, 0.29) is 23.6 Å². The van der Waals surface area contributed by atoms with Crippen LogP contribution in [0.2, 0.25) is 0 Å². The van der Waals surface area contributed by atoms with Crippen LogP contribution >= 0.6 is 0 Å². The van der Waals surface area contributed by atoms with E-state index in [0.717, 1.165) is 23.2 Å². The lowest BCUT2D eigenvalue weighted by Crippen LogP contribution is -2.31. The van der Waals surface area contributed by atoms with Gasteiger partial charge in [0.05, 0.1) is 24.4 Å². The number of nitrogens with one attached hydrogen (secondary N) is 1. The molecule has 4 N–H and O–H groups in total. The first-order chi connectivity index (χ1) is 12.1. The molecule has 1 aliphatic carbocycles. The SMILES string of the molecule is COc1cccc(C2Nc3c(C(N)=O)cccc3C3C=CCC32)c1O. The van der Waals surface area contributed by atoms with Gasteiger partial charge in [0.2, 0.25) is 0 Å². The molecule has 25 heavy (non-hydrogen) atoms. The van der Waals surface area contributed by atoms with Gasteiger partial charge in [0.1, 0.15) is 0 Å². The number of rotatable bonds is 3. The Bertz CT molecular complexity index is 875. The fourth-order valence-electron chi connectivity index (χ4n) is 4.09. The molecule has 1 amide bonds. The Morgan fingerprint density at radius 3 is 2.76 bits per heavy atom. The number of benzene rings is 2. The Labute approximate surface area is 146 Å². The van der Waals surface area contributed by atoms with Crippen LogP contribution in [0.3, 0.4) is 0 Å². The molecular weight excluding hydrogens is 316 g/mol. The molecular formula is C20H20N2O3. The molecule has 0 spiro atoms. The fraction of sp³-hybridized carbons (Fsp3) is 0.250. The number of aromatic hydroxyl groups is 1. The quantitative estimate of drug-likeness (QED) is 0.751. The highest BCUT2D eigenvalue weighted by Crippen LogP contribution is 2.52. The number of allylic oxidation sites excluding steroid dienone is 2. The number of carbonyl (C=O) groups is 1. The smallest absolute Gasteiger partial charge is 0.250 e. The van der Waals surface area contributed by atoms with Crippen molar-refractivity contribution in [1.29, 1.82) is 0 Å². The van der Waals surface area contributed by atoms with Crippen molar-refractivity contribution in [2.75, 3.05) is 12.4 Å². The monoisotopic (exact) mass is 336 g/mol. The molecule has 5 heteroatoms. The minimum atomic E-state index is -0.460. The Balaban J connectivity index is 1.86. The van der Waals surface area contributed by atoms with Gasteiger partial charge < -0.3 is 20.9 Å². The van der Waals surface area contributed by atoms with Gasteiger partial charge in [0.15, 0.2) is 11.5 Å². The van der Waals surface area contributed by atoms with E-state index in [1.165, 1.54) is 7.11 Å². The summed E-state index contributed by atoms with van der Waals surface area (Å²) in [6.45, 7) is 0. The number of anilines is 1. The molecule has 2 aromatic rings. The summed E-state index contributed by atoms with van der Waals surface area (Å²) in [6.07, 6.45) is 5.24. The van der Waals surface area contributed by atoms with Gasteiger partial charge in [0.25, 0.3) is 5.91 Å². The minimum Gasteiger partial charge on any atom is -0.504 e. The summed E-state index contributed by atoms with van der Waals surface area (Å²) in [5, 5.41) is 14.1. The first kappa shape index (κ1) is 15.6. The van der Waals surface area contributed by atoms with E-state index in [9.17, 15) is 9.90 Å². The zero-order valence-electron chi connectivity index (χ0n) is 13.9. The number of phenols is 1. The lowest BCUT2D eigenvalue weighted by Gasteiger charge is -2.38. The van der Waals surface area contributed by atoms with Gasteiger partial charge in [-0.1, -0.05) is 36.4 Å². The van der Waals surface area contributed by atoms with Gasteiger partial charge >= 0.3 is 0 Å². The second-order valence-corrected chi connectivity index (χ2v) is 6.51. The molecule has 0 bridgehead atoms. The number of carbonyl (C=O) groups excluding carboxylic acids is 1. The third-order valence-corrected chi connectivity index (χ3v) is 5.25. The summed E-state index contributed by atoms with van der Waals surface area (Å²) >= 11 is 0. The summed E-state index contributed by atoms with van der Waals surface area (Å²) in [7, 11) is 1.54. The van der Waals surface area contributed by atoms with E-state index in [0.29, 0.717) is 11.3 Å². The van der Waals surface area contributed by atoms with Crippen molar-refractivity contribution < 1.29 is 14.6 Å². The summed E-state index contributed by atoms with van der Waals surface area (Å²) in [5.74, 6) is 0.558. The molecule has 0 aromatic heterocycles. The number of amides is 1. The third-order valence-electron chi connectivity index (χ3n) is 5.25. The Morgan fingerprint density at radius 2 is 2.00 bits per heavy atom. The number of hydrogen-bond donors (Lipinski definition) is 3. The molecule has 0 radical (unpaired) electrons. The van der Waals surface area contributed by atoms with Crippen LogP contribution in [0.15, 0.2) is 48.6 Å². The third kappa shape index (κ3) is 2.35. The molecule has 2 aromatic carbocycles. The van der Waals surface area contributed by atoms with Crippen LogP contribution in [0, 0.1) is 5.92 Å². The van der Waals surface area contributed by atoms with Gasteiger partial charge in [-0.25, -0.2) is 0 Å². The molecule has 4 rings (SSSR count). The summed E-state index contributed by atoms with van der Waals surface area (Å²) in [6, 6.07) is 11.0. The minimum absolute atomic E-state index is 0.133. The van der Waals surface area contributed by atoms with Crippen molar-refractivity contribution in [3.05, 3.63) is 65.2 Å². The maximum Gasteiger partial charge on any atom is 0.250 e. The van der Waals surface area contributed by atoms with Gasteiger partial charge in [-0.3, -0.25) is 4.79 Å². The highest BCUT2D eigenvalue weighted by atomic mass is 16.5. The van der Waals surface area contributed by atoms with Gasteiger partial charge in [-0.15, -0.1) is 0 Å². The highest BCUT2D eigenvalue weighted by molar-refractivity contribution is 5.99. The molecule has 0 saturated carbocycles. The number of methoxy groups -OCH3 is 1. The Morgan fingerprint density at radius 1 is 1.24 bits per heavy atom. The van der Waals surface area contributed by atoms with Crippen LogP contribution < -0.4 is 15.8 Å². The van der Waals surface area contributed by atoms with Crippen molar-refractivity contribution in [3.63, 3.8) is 0 Å². The standard InChI is InChI=1S/C20H20N2O3/c1-25-16-10-4-8-14(19(16)23)17-12-6-2-5-11(12)13-7-3-9-15(20(21)24)18(13)22-17/h2-5,7-12,17,22-23H,6H2,1H3,(H2,21,24). The van der Waals surface area contributed by atoms with E-state index in [4.69, 9.17) is 10.5 Å². The first-order valence-corrected chi connectivity index (χ1v) is 8.33. The lowest BCUT2D eigenvalue weighted by atomic mass is 9.76. The average Bonchev–Trinajstić information content (AvgIpc) is 3.11. The molecule has 3 atom stereocenters. The van der Waals surface area contributed by atoms with Crippen LogP contribution in [0.25, 0.3) is 0 Å². The number of ether oxygens (including phenoxy) is 1. The van der Waals surface area contributed by atoms with Gasteiger partial charge in [0, 0.05) is 11.5 Å². The van der Waals surface area contributed by atoms with E-state index >= 15 is 0 Å². The molecule has 3 unspecified atom stereocenters. The largest absolute Gasteiger partial charge is 0.504 e. The maximum absolute atomic E-state index is 11.9. The maximum atomic E-state index is 11.9. The summed E-state index contributed by atoms with van der Waals surface area (Å²) in [5.41, 5.74) is 8.65. The van der Waals surface area contributed by atoms with Crippen LogP contribution in [0.5, 0.6) is 11.5 Å². The molecule has 128 valence electrons. The zero-order chi connectivity index (χ0) is 17.6. The van der Waals surface area contributed by atoms with E-state index in [1.807, 2.05) is 24.3 Å². The molecule has 2 aliphatic rings. The first-order valence-electron chi connectivity index (χ1n) is 8.33. The molecule has 5 nitrogen and oxygen atoms in total. The topological polar surface area (TPSA) is 84.6 Å². The fourth-order valence-corrected chi connectivity index (χ4v) is 4.09. The molecule has 0 saturated heterocycles. The molecule has 1 heterocycles. The van der Waals surface area contributed by atoms with Crippen LogP contribution in [0.4, 0.5) is 5.69 Å². The number of para-hydroxylation sites is 2. The average molecular weight is 336 g/mol. The van der Waals surface area contributed by atoms with E-state index in [1.54, 1.807) is 12.1 Å². The molecule has 1 aliphatic heterocycles. The second kappa shape index (κ2) is 5.84. The van der Waals surface area contributed by atoms with Crippen molar-refractivity contribution in [1.82, 2.24) is 0 Å². The molecule has 0 fully saturated rings. The predicted octanol–water partition coefficient (Wildman–Crippen LogP) is 3.33. The highest BCUT2D eigenvalue weighted by Gasteiger charge is 2.40. The number of phenolic OH excluding ortho intramolecular Hbond substituents is 1. The van der Waals surface area contributed by atoms with Crippen molar-refractivity contribution in [2.24, 2.45) is 11.7 Å². The van der Waals surface area contributed by atoms with E-state index < -0.39 is 5.91 Å². The van der Waals surface area contributed by atoms with Gasteiger partial charge in [-0.2, -0.15) is 0 Å². The summed E-state index contributed by atoms with van der Waals surface area (Å²) < 4.78 is 5.25. The normalized spacial score (nSPS) is 23.5.